The molecule has 0 bridgehead atoms. The van der Waals surface area contributed by atoms with Gasteiger partial charge in [0.1, 0.15) is 17.4 Å². The standard InChI is InChI=1S/C29H32F2N8O2/c1-17(2)41-20-11-21(30)27(22(31)12-20)24-6-5-19-13-35-29(39(19)37-24)36-25-14-34-9-7-26(25)38-15-18(3)28(23(33)16-38)40-10-4-8-32/h5-7,9,11-14,17-18,23,28H,4,10,15-16,33H2,1-3H3,(H,35,36). The minimum absolute atomic E-state index is 0.106. The fourth-order valence-corrected chi connectivity index (χ4v) is 5.15. The van der Waals surface area contributed by atoms with E-state index in [1.807, 2.05) is 6.07 Å². The predicted octanol–water partition coefficient (Wildman–Crippen LogP) is 4.68. The highest BCUT2D eigenvalue weighted by Crippen LogP contribution is 2.33. The van der Waals surface area contributed by atoms with Crippen LogP contribution >= 0.6 is 0 Å². The molecule has 0 amide bonds. The van der Waals surface area contributed by atoms with Crippen LogP contribution in [0.2, 0.25) is 0 Å². The summed E-state index contributed by atoms with van der Waals surface area (Å²) in [5, 5.41) is 16.6. The van der Waals surface area contributed by atoms with Gasteiger partial charge >= 0.3 is 0 Å². The van der Waals surface area contributed by atoms with Crippen LogP contribution in [0.1, 0.15) is 27.2 Å². The number of imidazole rings is 1. The number of fused-ring (bicyclic) bond motifs is 1. The van der Waals surface area contributed by atoms with Crippen LogP contribution < -0.4 is 20.7 Å². The number of piperidine rings is 1. The Morgan fingerprint density at radius 3 is 2.66 bits per heavy atom. The number of halogens is 2. The number of nitrogens with one attached hydrogen (secondary N) is 1. The monoisotopic (exact) mass is 562 g/mol. The summed E-state index contributed by atoms with van der Waals surface area (Å²) in [6.45, 7) is 7.22. The number of nitrogens with two attached hydrogens (primary N) is 1. The Morgan fingerprint density at radius 2 is 1.95 bits per heavy atom. The van der Waals surface area contributed by atoms with Crippen molar-refractivity contribution in [2.45, 2.75) is 45.4 Å². The van der Waals surface area contributed by atoms with E-state index in [-0.39, 0.29) is 41.2 Å². The SMILES string of the molecule is CC(C)Oc1cc(F)c(-c2ccc3cnc(Nc4cnccc4N4CC(C)C(OCCC#N)C(N)C4)n3n2)c(F)c1. The minimum atomic E-state index is -0.776. The maximum Gasteiger partial charge on any atom is 0.229 e. The molecule has 4 aromatic rings. The fourth-order valence-electron chi connectivity index (χ4n) is 5.15. The van der Waals surface area contributed by atoms with Crippen molar-refractivity contribution in [3.8, 4) is 23.1 Å². The van der Waals surface area contributed by atoms with Gasteiger partial charge in [0, 0.05) is 43.4 Å². The van der Waals surface area contributed by atoms with Crippen molar-refractivity contribution >= 4 is 22.8 Å². The van der Waals surface area contributed by atoms with E-state index in [0.717, 1.165) is 17.8 Å². The molecule has 10 nitrogen and oxygen atoms in total. The molecule has 5 rings (SSSR count). The number of nitriles is 1. The van der Waals surface area contributed by atoms with E-state index >= 15 is 8.78 Å². The molecule has 214 valence electrons. The molecule has 0 aliphatic carbocycles. The van der Waals surface area contributed by atoms with Crippen molar-refractivity contribution in [3.05, 3.63) is 60.6 Å². The second-order valence-electron chi connectivity index (χ2n) is 10.4. The van der Waals surface area contributed by atoms with Crippen LogP contribution in [0.3, 0.4) is 0 Å². The maximum absolute atomic E-state index is 15.0. The third kappa shape index (κ3) is 6.06. The summed E-state index contributed by atoms with van der Waals surface area (Å²) in [5.74, 6) is -0.967. The lowest BCUT2D eigenvalue weighted by Gasteiger charge is -2.42. The van der Waals surface area contributed by atoms with E-state index in [2.05, 4.69) is 38.3 Å². The second-order valence-corrected chi connectivity index (χ2v) is 10.4. The molecule has 1 aromatic carbocycles. The van der Waals surface area contributed by atoms with Gasteiger partial charge in [-0.25, -0.2) is 13.8 Å². The van der Waals surface area contributed by atoms with Crippen LogP contribution in [0.4, 0.5) is 26.1 Å². The Morgan fingerprint density at radius 1 is 1.17 bits per heavy atom. The number of aromatic nitrogens is 4. The van der Waals surface area contributed by atoms with Gasteiger partial charge in [-0.05, 0) is 32.0 Å². The molecule has 3 N–H and O–H groups in total. The average Bonchev–Trinajstić information content (AvgIpc) is 3.31. The van der Waals surface area contributed by atoms with Crippen LogP contribution in [0.15, 0.2) is 48.9 Å². The van der Waals surface area contributed by atoms with E-state index in [9.17, 15) is 0 Å². The van der Waals surface area contributed by atoms with Crippen molar-refractivity contribution in [1.82, 2.24) is 19.6 Å². The molecule has 1 fully saturated rings. The van der Waals surface area contributed by atoms with Crippen molar-refractivity contribution in [3.63, 3.8) is 0 Å². The van der Waals surface area contributed by atoms with E-state index < -0.39 is 11.6 Å². The molecule has 41 heavy (non-hydrogen) atoms. The molecule has 3 atom stereocenters. The normalized spacial score (nSPS) is 19.0. The first-order valence-corrected chi connectivity index (χ1v) is 13.5. The van der Waals surface area contributed by atoms with Gasteiger partial charge in [0.25, 0.3) is 0 Å². The van der Waals surface area contributed by atoms with Crippen LogP contribution in [0.5, 0.6) is 5.75 Å². The first-order valence-electron chi connectivity index (χ1n) is 13.5. The highest BCUT2D eigenvalue weighted by atomic mass is 19.1. The zero-order valence-electron chi connectivity index (χ0n) is 23.1. The Kier molecular flexibility index (Phi) is 8.28. The summed E-state index contributed by atoms with van der Waals surface area (Å²) in [6.07, 6.45) is 4.94. The van der Waals surface area contributed by atoms with E-state index in [1.54, 1.807) is 44.6 Å². The number of anilines is 3. The second kappa shape index (κ2) is 12.0. The lowest BCUT2D eigenvalue weighted by molar-refractivity contribution is -0.00331. The first kappa shape index (κ1) is 28.2. The van der Waals surface area contributed by atoms with Gasteiger partial charge in [0.15, 0.2) is 0 Å². The number of ether oxygens (including phenoxy) is 2. The quantitative estimate of drug-likeness (QED) is 0.280. The Labute approximate surface area is 236 Å². The smallest absolute Gasteiger partial charge is 0.229 e. The topological polar surface area (TPSA) is 127 Å². The third-order valence-corrected chi connectivity index (χ3v) is 6.86. The van der Waals surface area contributed by atoms with Crippen LogP contribution in [-0.4, -0.2) is 57.5 Å². The van der Waals surface area contributed by atoms with Gasteiger partial charge in [-0.2, -0.15) is 14.9 Å². The van der Waals surface area contributed by atoms with Gasteiger partial charge in [-0.3, -0.25) is 4.98 Å². The molecule has 1 saturated heterocycles. The van der Waals surface area contributed by atoms with Crippen molar-refractivity contribution in [2.75, 3.05) is 29.9 Å². The van der Waals surface area contributed by atoms with Gasteiger partial charge < -0.3 is 25.4 Å². The molecule has 0 saturated carbocycles. The van der Waals surface area contributed by atoms with Crippen LogP contribution in [0, 0.1) is 28.9 Å². The third-order valence-electron chi connectivity index (χ3n) is 6.86. The zero-order valence-corrected chi connectivity index (χ0v) is 23.1. The highest BCUT2D eigenvalue weighted by Gasteiger charge is 2.34. The molecular formula is C29H32F2N8O2. The van der Waals surface area contributed by atoms with Crippen molar-refractivity contribution < 1.29 is 18.3 Å². The molecule has 0 spiro atoms. The Balaban J connectivity index is 1.41. The van der Waals surface area contributed by atoms with Crippen LogP contribution in [-0.2, 0) is 4.74 Å². The summed E-state index contributed by atoms with van der Waals surface area (Å²) in [7, 11) is 0. The zero-order chi connectivity index (χ0) is 29.1. The number of nitrogens with zero attached hydrogens (tertiary/aromatic N) is 6. The van der Waals surface area contributed by atoms with Crippen molar-refractivity contribution in [1.29, 1.82) is 5.26 Å². The summed E-state index contributed by atoms with van der Waals surface area (Å²) in [4.78, 5) is 10.9. The lowest BCUT2D eigenvalue weighted by atomic mass is 9.92. The summed E-state index contributed by atoms with van der Waals surface area (Å²) in [5.41, 5.74) is 8.50. The average molecular weight is 563 g/mol. The number of rotatable bonds is 9. The molecule has 3 aromatic heterocycles. The largest absolute Gasteiger partial charge is 0.491 e. The van der Waals surface area contributed by atoms with Crippen molar-refractivity contribution in [2.24, 2.45) is 11.7 Å². The molecule has 1 aliphatic heterocycles. The van der Waals surface area contributed by atoms with Gasteiger partial charge in [-0.1, -0.05) is 6.92 Å². The highest BCUT2D eigenvalue weighted by molar-refractivity contribution is 5.74. The van der Waals surface area contributed by atoms with Gasteiger partial charge in [-0.15, -0.1) is 0 Å². The number of hydrogen-bond donors (Lipinski definition) is 2. The number of pyridine rings is 1. The minimum Gasteiger partial charge on any atom is -0.491 e. The van der Waals surface area contributed by atoms with E-state index in [4.69, 9.17) is 20.5 Å². The predicted molar refractivity (Wildman–Crippen MR) is 151 cm³/mol. The molecule has 1 aliphatic rings. The molecule has 4 heterocycles. The van der Waals surface area contributed by atoms with E-state index in [1.165, 1.54) is 4.52 Å². The Bertz CT molecular complexity index is 1540. The summed E-state index contributed by atoms with van der Waals surface area (Å²) in [6, 6.07) is 9.28. The summed E-state index contributed by atoms with van der Waals surface area (Å²) < 4.78 is 42.9. The summed E-state index contributed by atoms with van der Waals surface area (Å²) >= 11 is 0. The Hall–Kier alpha value is -4.34. The van der Waals surface area contributed by atoms with Gasteiger partial charge in [0.05, 0.1) is 71.8 Å². The fraction of sp³-hybridized carbons (Fsp3) is 0.379. The molecule has 0 radical (unpaired) electrons. The molecular weight excluding hydrogens is 530 g/mol. The van der Waals surface area contributed by atoms with Crippen LogP contribution in [0.25, 0.3) is 16.8 Å². The lowest BCUT2D eigenvalue weighted by Crippen LogP contribution is -2.56. The molecule has 12 heteroatoms. The number of hydrogen-bond acceptors (Lipinski definition) is 9. The molecule has 3 unspecified atom stereocenters. The maximum atomic E-state index is 15.0. The van der Waals surface area contributed by atoms with E-state index in [0.29, 0.717) is 43.3 Å². The van der Waals surface area contributed by atoms with Gasteiger partial charge in [0.2, 0.25) is 5.95 Å². The first-order chi connectivity index (χ1) is 19.7. The number of benzene rings is 1.